The van der Waals surface area contributed by atoms with Crippen LogP contribution in [-0.2, 0) is 0 Å². The summed E-state index contributed by atoms with van der Waals surface area (Å²) in [4.78, 5) is 18.8. The third-order valence-electron chi connectivity index (χ3n) is 3.87. The maximum Gasteiger partial charge on any atom is 0.280 e. The van der Waals surface area contributed by atoms with Gasteiger partial charge in [-0.2, -0.15) is 0 Å². The predicted octanol–water partition coefficient (Wildman–Crippen LogP) is 2.73. The zero-order valence-corrected chi connectivity index (χ0v) is 13.5. The molecule has 0 spiro atoms. The molecule has 1 aliphatic heterocycles. The molecule has 1 fully saturated rings. The van der Waals surface area contributed by atoms with Crippen LogP contribution in [0.5, 0.6) is 0 Å². The van der Waals surface area contributed by atoms with Gasteiger partial charge in [-0.1, -0.05) is 13.8 Å². The molecule has 112 valence electrons. The number of carbonyl (C=O) groups excluding carboxylic acids is 1. The van der Waals surface area contributed by atoms with E-state index in [2.05, 4.69) is 36.1 Å². The fourth-order valence-electron chi connectivity index (χ4n) is 2.63. The van der Waals surface area contributed by atoms with Crippen LogP contribution in [0.25, 0.3) is 0 Å². The number of thiazole rings is 1. The third-order valence-corrected chi connectivity index (χ3v) is 4.73. The molecule has 1 atom stereocenters. The minimum Gasteiger partial charge on any atom is -0.350 e. The van der Waals surface area contributed by atoms with Crippen molar-refractivity contribution < 1.29 is 4.79 Å². The average molecular weight is 295 g/mol. The van der Waals surface area contributed by atoms with E-state index in [-0.39, 0.29) is 5.91 Å². The van der Waals surface area contributed by atoms with Crippen molar-refractivity contribution in [1.82, 2.24) is 15.2 Å². The Labute approximate surface area is 125 Å². The number of aromatic nitrogens is 1. The quantitative estimate of drug-likeness (QED) is 0.908. The molecule has 1 aliphatic rings. The minimum atomic E-state index is -0.0222. The number of piperidine rings is 1. The Bertz CT molecular complexity index is 444. The molecule has 1 N–H and O–H groups in total. The van der Waals surface area contributed by atoms with Gasteiger partial charge in [-0.25, -0.2) is 4.98 Å². The topological polar surface area (TPSA) is 45.2 Å². The van der Waals surface area contributed by atoms with Crippen LogP contribution in [0.3, 0.4) is 0 Å². The van der Waals surface area contributed by atoms with Gasteiger partial charge in [0.1, 0.15) is 0 Å². The summed E-state index contributed by atoms with van der Waals surface area (Å²) in [5.74, 6) is 1.08. The molecule has 1 saturated heterocycles. The highest BCUT2D eigenvalue weighted by molar-refractivity contribution is 7.11. The van der Waals surface area contributed by atoms with Gasteiger partial charge >= 0.3 is 0 Å². The number of nitrogens with one attached hydrogen (secondary N) is 1. The van der Waals surface area contributed by atoms with Gasteiger partial charge in [0.2, 0.25) is 0 Å². The van der Waals surface area contributed by atoms with Gasteiger partial charge in [0.05, 0.1) is 5.69 Å². The number of amides is 1. The van der Waals surface area contributed by atoms with Crippen molar-refractivity contribution in [3.05, 3.63) is 16.1 Å². The van der Waals surface area contributed by atoms with E-state index in [0.717, 1.165) is 31.1 Å². The van der Waals surface area contributed by atoms with Crippen LogP contribution in [-0.4, -0.2) is 42.5 Å². The van der Waals surface area contributed by atoms with Gasteiger partial charge in [0.15, 0.2) is 5.01 Å². The van der Waals surface area contributed by atoms with E-state index in [1.54, 1.807) is 0 Å². The van der Waals surface area contributed by atoms with E-state index in [9.17, 15) is 4.79 Å². The van der Waals surface area contributed by atoms with Crippen molar-refractivity contribution >= 4 is 17.2 Å². The molecule has 2 rings (SSSR count). The first-order valence-electron chi connectivity index (χ1n) is 7.48. The van der Waals surface area contributed by atoms with Crippen LogP contribution in [0.15, 0.2) is 5.38 Å². The molecule has 2 heterocycles. The second-order valence-electron chi connectivity index (χ2n) is 6.05. The molecule has 5 heteroatoms. The maximum absolute atomic E-state index is 12.0. The molecule has 0 unspecified atom stereocenters. The highest BCUT2D eigenvalue weighted by Gasteiger charge is 2.18. The summed E-state index contributed by atoms with van der Waals surface area (Å²) >= 11 is 1.44. The zero-order valence-electron chi connectivity index (χ0n) is 12.7. The van der Waals surface area contributed by atoms with Crippen LogP contribution in [0.4, 0.5) is 0 Å². The summed E-state index contributed by atoms with van der Waals surface area (Å²) in [6, 6.07) is 0. The largest absolute Gasteiger partial charge is 0.350 e. The Morgan fingerprint density at radius 2 is 2.40 bits per heavy atom. The molecule has 0 aliphatic carbocycles. The van der Waals surface area contributed by atoms with Crippen molar-refractivity contribution in [3.63, 3.8) is 0 Å². The summed E-state index contributed by atoms with van der Waals surface area (Å²) in [6.07, 6.45) is 3.63. The van der Waals surface area contributed by atoms with Crippen molar-refractivity contribution in [1.29, 1.82) is 0 Å². The van der Waals surface area contributed by atoms with E-state index in [1.807, 2.05) is 5.38 Å². The SMILES string of the molecule is CC(C)c1csc(C(=O)NCC[C@@H]2CCCN(C)C2)n1. The summed E-state index contributed by atoms with van der Waals surface area (Å²) in [5, 5.41) is 5.58. The number of rotatable bonds is 5. The first-order valence-corrected chi connectivity index (χ1v) is 8.36. The summed E-state index contributed by atoms with van der Waals surface area (Å²) in [5.41, 5.74) is 1.01. The Morgan fingerprint density at radius 3 is 3.05 bits per heavy atom. The Morgan fingerprint density at radius 1 is 1.60 bits per heavy atom. The molecule has 0 bridgehead atoms. The van der Waals surface area contributed by atoms with Gasteiger partial charge in [0.25, 0.3) is 5.91 Å². The first-order chi connectivity index (χ1) is 9.56. The highest BCUT2D eigenvalue weighted by atomic mass is 32.1. The van der Waals surface area contributed by atoms with Crippen LogP contribution >= 0.6 is 11.3 Å². The molecule has 1 aromatic rings. The van der Waals surface area contributed by atoms with Crippen LogP contribution < -0.4 is 5.32 Å². The Kier molecular flexibility index (Phi) is 5.54. The van der Waals surface area contributed by atoms with Crippen LogP contribution in [0, 0.1) is 5.92 Å². The first kappa shape index (κ1) is 15.4. The number of nitrogens with zero attached hydrogens (tertiary/aromatic N) is 2. The van der Waals surface area contributed by atoms with Crippen molar-refractivity contribution in [2.45, 2.75) is 39.0 Å². The van der Waals surface area contributed by atoms with E-state index in [1.165, 1.54) is 30.7 Å². The zero-order chi connectivity index (χ0) is 14.5. The lowest BCUT2D eigenvalue weighted by Gasteiger charge is -2.29. The lowest BCUT2D eigenvalue weighted by Crippen LogP contribution is -2.34. The standard InChI is InChI=1S/C15H25N3OS/c1-11(2)13-10-20-15(17-13)14(19)16-7-6-12-5-4-8-18(3)9-12/h10-12H,4-9H2,1-3H3,(H,16,19)/t12-/m0/s1. The Balaban J connectivity index is 1.74. The Hall–Kier alpha value is -0.940. The number of carbonyl (C=O) groups is 1. The second-order valence-corrected chi connectivity index (χ2v) is 6.91. The van der Waals surface area contributed by atoms with Gasteiger partial charge in [0, 0.05) is 18.5 Å². The normalized spacial score (nSPS) is 20.3. The fourth-order valence-corrected chi connectivity index (χ4v) is 3.52. The van der Waals surface area contributed by atoms with Crippen molar-refractivity contribution in [2.24, 2.45) is 5.92 Å². The second kappa shape index (κ2) is 7.18. The van der Waals surface area contributed by atoms with Gasteiger partial charge in [-0.05, 0) is 44.7 Å². The van der Waals surface area contributed by atoms with E-state index in [4.69, 9.17) is 0 Å². The van der Waals surface area contributed by atoms with Gasteiger partial charge in [-0.3, -0.25) is 4.79 Å². The lowest BCUT2D eigenvalue weighted by molar-refractivity contribution is 0.0947. The van der Waals surface area contributed by atoms with Crippen molar-refractivity contribution in [2.75, 3.05) is 26.7 Å². The maximum atomic E-state index is 12.0. The fraction of sp³-hybridized carbons (Fsp3) is 0.733. The molecule has 20 heavy (non-hydrogen) atoms. The molecule has 0 saturated carbocycles. The van der Waals surface area contributed by atoms with Gasteiger partial charge < -0.3 is 10.2 Å². The van der Waals surface area contributed by atoms with E-state index >= 15 is 0 Å². The van der Waals surface area contributed by atoms with Crippen LogP contribution in [0.1, 0.15) is 54.5 Å². The predicted molar refractivity (Wildman–Crippen MR) is 83.4 cm³/mol. The molecule has 1 amide bonds. The van der Waals surface area contributed by atoms with E-state index in [0.29, 0.717) is 10.9 Å². The average Bonchev–Trinajstić information content (AvgIpc) is 2.88. The third kappa shape index (κ3) is 4.28. The molecular formula is C15H25N3OS. The highest BCUT2D eigenvalue weighted by Crippen LogP contribution is 2.19. The molecule has 0 radical (unpaired) electrons. The smallest absolute Gasteiger partial charge is 0.280 e. The summed E-state index contributed by atoms with van der Waals surface area (Å²) in [6.45, 7) is 7.31. The summed E-state index contributed by atoms with van der Waals surface area (Å²) < 4.78 is 0. The molecular weight excluding hydrogens is 270 g/mol. The molecule has 4 nitrogen and oxygen atoms in total. The number of hydrogen-bond donors (Lipinski definition) is 1. The molecule has 1 aromatic heterocycles. The van der Waals surface area contributed by atoms with Gasteiger partial charge in [-0.15, -0.1) is 11.3 Å². The van der Waals surface area contributed by atoms with Crippen LogP contribution in [0.2, 0.25) is 0 Å². The van der Waals surface area contributed by atoms with E-state index < -0.39 is 0 Å². The number of hydrogen-bond acceptors (Lipinski definition) is 4. The van der Waals surface area contributed by atoms with Crippen molar-refractivity contribution in [3.8, 4) is 0 Å². The summed E-state index contributed by atoms with van der Waals surface area (Å²) in [7, 11) is 2.17. The minimum absolute atomic E-state index is 0.0222. The number of likely N-dealkylation sites (tertiary alicyclic amines) is 1. The molecule has 0 aromatic carbocycles. The lowest BCUT2D eigenvalue weighted by atomic mass is 9.95. The monoisotopic (exact) mass is 295 g/mol.